The van der Waals surface area contributed by atoms with Crippen molar-refractivity contribution >= 4 is 0 Å². The van der Waals surface area contributed by atoms with Crippen molar-refractivity contribution in [3.8, 4) is 0 Å². The molecule has 0 aromatic heterocycles. The van der Waals surface area contributed by atoms with Crippen LogP contribution in [0.4, 0.5) is 0 Å². The van der Waals surface area contributed by atoms with E-state index in [1.165, 1.54) is 0 Å². The number of rotatable bonds is 7. The van der Waals surface area contributed by atoms with Crippen molar-refractivity contribution in [3.63, 3.8) is 0 Å². The standard InChI is InChI=1S/C12H22O4/c1-3-11(5-13-6-11)9-15-16-10-12(4-2)7-14-8-12/h3-10H2,1-2H3. The average Bonchev–Trinajstić information content (AvgIpc) is 2.19. The van der Waals surface area contributed by atoms with E-state index in [1.807, 2.05) is 0 Å². The molecule has 4 nitrogen and oxygen atoms in total. The van der Waals surface area contributed by atoms with E-state index < -0.39 is 0 Å². The number of hydrogen-bond donors (Lipinski definition) is 0. The maximum absolute atomic E-state index is 5.33. The zero-order chi connectivity index (χ0) is 11.5. The fraction of sp³-hybridized carbons (Fsp3) is 1.00. The summed E-state index contributed by atoms with van der Waals surface area (Å²) in [5.41, 5.74) is 0.408. The predicted octanol–water partition coefficient (Wildman–Crippen LogP) is 1.79. The SMILES string of the molecule is CCC1(COOCC2(CC)COC2)COC1. The lowest BCUT2D eigenvalue weighted by Gasteiger charge is -2.41. The van der Waals surface area contributed by atoms with Crippen LogP contribution in [0.3, 0.4) is 0 Å². The molecule has 0 saturated carbocycles. The zero-order valence-corrected chi connectivity index (χ0v) is 10.3. The highest BCUT2D eigenvalue weighted by Gasteiger charge is 2.39. The predicted molar refractivity (Wildman–Crippen MR) is 59.0 cm³/mol. The van der Waals surface area contributed by atoms with E-state index in [2.05, 4.69) is 13.8 Å². The molecule has 16 heavy (non-hydrogen) atoms. The second-order valence-electron chi connectivity index (χ2n) is 5.22. The Labute approximate surface area is 97.1 Å². The molecule has 0 amide bonds. The van der Waals surface area contributed by atoms with Gasteiger partial charge in [-0.25, -0.2) is 9.78 Å². The van der Waals surface area contributed by atoms with E-state index in [0.717, 1.165) is 39.3 Å². The summed E-state index contributed by atoms with van der Waals surface area (Å²) in [5.74, 6) is 0. The van der Waals surface area contributed by atoms with Crippen molar-refractivity contribution in [1.29, 1.82) is 0 Å². The van der Waals surface area contributed by atoms with Crippen LogP contribution in [0.5, 0.6) is 0 Å². The second kappa shape index (κ2) is 5.00. The Morgan fingerprint density at radius 3 is 1.38 bits per heavy atom. The Kier molecular flexibility index (Phi) is 3.85. The molecule has 0 bridgehead atoms. The summed E-state index contributed by atoms with van der Waals surface area (Å²) in [7, 11) is 0. The van der Waals surface area contributed by atoms with E-state index in [1.54, 1.807) is 0 Å². The summed E-state index contributed by atoms with van der Waals surface area (Å²) >= 11 is 0. The van der Waals surface area contributed by atoms with Gasteiger partial charge < -0.3 is 9.47 Å². The molecule has 0 aromatic carbocycles. The molecule has 2 aliphatic rings. The van der Waals surface area contributed by atoms with Gasteiger partial charge >= 0.3 is 0 Å². The lowest BCUT2D eigenvalue weighted by Crippen LogP contribution is -2.47. The van der Waals surface area contributed by atoms with Crippen molar-refractivity contribution in [2.24, 2.45) is 10.8 Å². The van der Waals surface area contributed by atoms with Crippen LogP contribution in [0.15, 0.2) is 0 Å². The molecule has 2 fully saturated rings. The van der Waals surface area contributed by atoms with E-state index in [0.29, 0.717) is 13.2 Å². The monoisotopic (exact) mass is 230 g/mol. The Morgan fingerprint density at radius 1 is 0.812 bits per heavy atom. The highest BCUT2D eigenvalue weighted by atomic mass is 17.2. The summed E-state index contributed by atoms with van der Waals surface area (Å²) in [5, 5.41) is 0. The van der Waals surface area contributed by atoms with Gasteiger partial charge in [-0.3, -0.25) is 0 Å². The quantitative estimate of drug-likeness (QED) is 0.379. The van der Waals surface area contributed by atoms with Crippen LogP contribution in [0.25, 0.3) is 0 Å². The molecule has 2 rings (SSSR count). The molecule has 2 heterocycles. The summed E-state index contributed by atoms with van der Waals surface area (Å²) in [6.45, 7) is 8.82. The maximum Gasteiger partial charge on any atom is 0.0922 e. The second-order valence-corrected chi connectivity index (χ2v) is 5.22. The van der Waals surface area contributed by atoms with Crippen molar-refractivity contribution < 1.29 is 19.2 Å². The summed E-state index contributed by atoms with van der Waals surface area (Å²) in [6.07, 6.45) is 2.16. The van der Waals surface area contributed by atoms with E-state index >= 15 is 0 Å². The molecular weight excluding hydrogens is 208 g/mol. The van der Waals surface area contributed by atoms with Crippen molar-refractivity contribution in [3.05, 3.63) is 0 Å². The molecule has 0 atom stereocenters. The number of ether oxygens (including phenoxy) is 2. The third kappa shape index (κ3) is 2.40. The van der Waals surface area contributed by atoms with Crippen LogP contribution in [-0.4, -0.2) is 39.6 Å². The highest BCUT2D eigenvalue weighted by molar-refractivity contribution is 4.84. The van der Waals surface area contributed by atoms with Crippen molar-refractivity contribution in [1.82, 2.24) is 0 Å². The van der Waals surface area contributed by atoms with Crippen molar-refractivity contribution in [2.75, 3.05) is 39.6 Å². The molecule has 0 spiro atoms. The topological polar surface area (TPSA) is 36.9 Å². The lowest BCUT2D eigenvalue weighted by molar-refractivity contribution is -0.352. The average molecular weight is 230 g/mol. The van der Waals surface area contributed by atoms with Gasteiger partial charge in [-0.2, -0.15) is 0 Å². The van der Waals surface area contributed by atoms with Gasteiger partial charge in [0.1, 0.15) is 0 Å². The fourth-order valence-corrected chi connectivity index (χ4v) is 1.89. The van der Waals surface area contributed by atoms with Gasteiger partial charge in [-0.05, 0) is 12.8 Å². The molecule has 0 radical (unpaired) electrons. The van der Waals surface area contributed by atoms with E-state index in [-0.39, 0.29) is 10.8 Å². The first-order valence-electron chi connectivity index (χ1n) is 6.14. The highest BCUT2D eigenvalue weighted by Crippen LogP contribution is 2.33. The van der Waals surface area contributed by atoms with Gasteiger partial charge in [-0.1, -0.05) is 13.8 Å². The Hall–Kier alpha value is -0.160. The molecular formula is C12H22O4. The normalized spacial score (nSPS) is 25.9. The van der Waals surface area contributed by atoms with E-state index in [9.17, 15) is 0 Å². The third-order valence-corrected chi connectivity index (χ3v) is 3.95. The Balaban J connectivity index is 1.61. The minimum Gasteiger partial charge on any atom is -0.380 e. The lowest BCUT2D eigenvalue weighted by atomic mass is 9.84. The van der Waals surface area contributed by atoms with Crippen LogP contribution in [-0.2, 0) is 19.2 Å². The van der Waals surface area contributed by atoms with Gasteiger partial charge in [0.05, 0.1) is 39.6 Å². The summed E-state index contributed by atoms with van der Waals surface area (Å²) in [6, 6.07) is 0. The summed E-state index contributed by atoms with van der Waals surface area (Å²) in [4.78, 5) is 10.7. The summed E-state index contributed by atoms with van der Waals surface area (Å²) < 4.78 is 10.5. The smallest absolute Gasteiger partial charge is 0.0922 e. The molecule has 4 heteroatoms. The van der Waals surface area contributed by atoms with E-state index in [4.69, 9.17) is 19.2 Å². The Morgan fingerprint density at radius 2 is 1.19 bits per heavy atom. The first-order chi connectivity index (χ1) is 7.74. The zero-order valence-electron chi connectivity index (χ0n) is 10.3. The molecule has 2 saturated heterocycles. The first kappa shape index (κ1) is 12.3. The number of hydrogen-bond acceptors (Lipinski definition) is 4. The Bertz CT molecular complexity index is 186. The van der Waals surface area contributed by atoms with Gasteiger partial charge in [0, 0.05) is 10.8 Å². The molecule has 94 valence electrons. The van der Waals surface area contributed by atoms with Crippen LogP contribution in [0.2, 0.25) is 0 Å². The molecule has 0 N–H and O–H groups in total. The van der Waals surface area contributed by atoms with Crippen LogP contribution >= 0.6 is 0 Å². The minimum absolute atomic E-state index is 0.204. The van der Waals surface area contributed by atoms with Crippen LogP contribution in [0.1, 0.15) is 26.7 Å². The largest absolute Gasteiger partial charge is 0.380 e. The van der Waals surface area contributed by atoms with Crippen molar-refractivity contribution in [2.45, 2.75) is 26.7 Å². The van der Waals surface area contributed by atoms with Crippen LogP contribution < -0.4 is 0 Å². The van der Waals surface area contributed by atoms with Crippen LogP contribution in [0, 0.1) is 10.8 Å². The minimum atomic E-state index is 0.204. The third-order valence-electron chi connectivity index (χ3n) is 3.95. The maximum atomic E-state index is 5.33. The van der Waals surface area contributed by atoms with Gasteiger partial charge in [0.25, 0.3) is 0 Å². The first-order valence-corrected chi connectivity index (χ1v) is 6.14. The van der Waals surface area contributed by atoms with Gasteiger partial charge in [0.2, 0.25) is 0 Å². The molecule has 0 aromatic rings. The fourth-order valence-electron chi connectivity index (χ4n) is 1.89. The molecule has 0 aliphatic carbocycles. The van der Waals surface area contributed by atoms with Gasteiger partial charge in [-0.15, -0.1) is 0 Å². The molecule has 0 unspecified atom stereocenters. The molecule has 2 aliphatic heterocycles. The van der Waals surface area contributed by atoms with Gasteiger partial charge in [0.15, 0.2) is 0 Å².